The molecule has 1 atom stereocenters. The first kappa shape index (κ1) is 31.2. The van der Waals surface area contributed by atoms with Crippen LogP contribution in [0, 0.1) is 5.82 Å². The van der Waals surface area contributed by atoms with E-state index in [0.717, 1.165) is 5.56 Å². The summed E-state index contributed by atoms with van der Waals surface area (Å²) in [5.41, 5.74) is 2.24. The molecule has 0 N–H and O–H groups in total. The van der Waals surface area contributed by atoms with E-state index in [4.69, 9.17) is 18.9 Å². The van der Waals surface area contributed by atoms with Crippen molar-refractivity contribution in [2.45, 2.75) is 33.4 Å². The van der Waals surface area contributed by atoms with E-state index in [1.165, 1.54) is 29.1 Å². The number of hydrogen-bond donors (Lipinski definition) is 0. The second kappa shape index (κ2) is 13.6. The lowest BCUT2D eigenvalue weighted by molar-refractivity contribution is -0.139. The Labute approximate surface area is 265 Å². The number of carbonyl (C=O) groups is 1. The molecule has 8 nitrogen and oxygen atoms in total. The minimum absolute atomic E-state index is 0.0959. The van der Waals surface area contributed by atoms with Gasteiger partial charge in [-0.25, -0.2) is 14.2 Å². The Balaban J connectivity index is 1.56. The number of fused-ring (bicyclic) bond motifs is 1. The fourth-order valence-corrected chi connectivity index (χ4v) is 6.45. The molecule has 2 heterocycles. The monoisotopic (exact) mass is 680 g/mol. The van der Waals surface area contributed by atoms with Gasteiger partial charge in [0.1, 0.15) is 18.2 Å². The summed E-state index contributed by atoms with van der Waals surface area (Å²) in [6.45, 7) is 6.03. The Kier molecular flexibility index (Phi) is 9.65. The quantitative estimate of drug-likeness (QED) is 0.200. The van der Waals surface area contributed by atoms with Gasteiger partial charge in [-0.2, -0.15) is 0 Å². The Morgan fingerprint density at radius 2 is 1.82 bits per heavy atom. The number of halogens is 2. The average Bonchev–Trinajstić information content (AvgIpc) is 3.31. The normalized spacial score (nSPS) is 14.6. The number of ether oxygens (including phenoxy) is 4. The van der Waals surface area contributed by atoms with Crippen LogP contribution in [0.1, 0.15) is 43.5 Å². The summed E-state index contributed by atoms with van der Waals surface area (Å²) < 4.78 is 39.0. The van der Waals surface area contributed by atoms with Crippen molar-refractivity contribution in [1.82, 2.24) is 4.57 Å². The summed E-state index contributed by atoms with van der Waals surface area (Å²) in [6.07, 6.45) is 1.76. The van der Waals surface area contributed by atoms with Crippen molar-refractivity contribution >= 4 is 39.3 Å². The lowest BCUT2D eigenvalue weighted by Crippen LogP contribution is -2.40. The minimum atomic E-state index is -0.833. The molecule has 1 aromatic heterocycles. The lowest BCUT2D eigenvalue weighted by atomic mass is 9.95. The molecule has 0 unspecified atom stereocenters. The molecule has 1 aliphatic heterocycles. The highest BCUT2D eigenvalue weighted by molar-refractivity contribution is 9.10. The summed E-state index contributed by atoms with van der Waals surface area (Å²) in [6, 6.07) is 16.3. The van der Waals surface area contributed by atoms with Crippen LogP contribution in [0.25, 0.3) is 6.08 Å². The van der Waals surface area contributed by atoms with Gasteiger partial charge in [0.15, 0.2) is 16.3 Å². The highest BCUT2D eigenvalue weighted by Crippen LogP contribution is 2.41. The van der Waals surface area contributed by atoms with Crippen LogP contribution in [0.3, 0.4) is 0 Å². The van der Waals surface area contributed by atoms with E-state index in [2.05, 4.69) is 20.9 Å². The molecule has 0 saturated carbocycles. The van der Waals surface area contributed by atoms with Gasteiger partial charge >= 0.3 is 5.97 Å². The number of rotatable bonds is 10. The van der Waals surface area contributed by atoms with Gasteiger partial charge in [0, 0.05) is 10.0 Å². The maximum absolute atomic E-state index is 14.0. The van der Waals surface area contributed by atoms with Crippen molar-refractivity contribution in [1.29, 1.82) is 0 Å². The van der Waals surface area contributed by atoms with Crippen molar-refractivity contribution < 1.29 is 28.1 Å². The molecule has 0 aliphatic carbocycles. The van der Waals surface area contributed by atoms with Crippen molar-refractivity contribution in [3.63, 3.8) is 0 Å². The number of methoxy groups -OCH3 is 1. The molecular weight excluding hydrogens is 651 g/mol. The Morgan fingerprint density at radius 3 is 2.50 bits per heavy atom. The number of aromatic nitrogens is 1. The summed E-state index contributed by atoms with van der Waals surface area (Å²) in [5.74, 6) is 0.671. The molecule has 3 aromatic carbocycles. The van der Waals surface area contributed by atoms with Gasteiger partial charge in [0.25, 0.3) is 5.56 Å². The van der Waals surface area contributed by atoms with Gasteiger partial charge in [0.05, 0.1) is 42.2 Å². The number of nitrogens with zero attached hydrogens (tertiary/aromatic N) is 2. The molecule has 11 heteroatoms. The highest BCUT2D eigenvalue weighted by Gasteiger charge is 2.35. The van der Waals surface area contributed by atoms with E-state index in [0.29, 0.717) is 54.5 Å². The van der Waals surface area contributed by atoms with Crippen LogP contribution in [-0.4, -0.2) is 30.9 Å². The van der Waals surface area contributed by atoms with E-state index in [9.17, 15) is 14.0 Å². The fourth-order valence-electron chi connectivity index (χ4n) is 4.86. The molecule has 0 amide bonds. The van der Waals surface area contributed by atoms with E-state index < -0.39 is 12.0 Å². The third kappa shape index (κ3) is 6.34. The van der Waals surface area contributed by atoms with Crippen LogP contribution in [0.5, 0.6) is 17.2 Å². The number of esters is 1. The SMILES string of the molecule is CCOC(=O)C1=C(C)N=c2s/c(=C/c3ccc(OCc4ccccc4F)cc3)c(=O)n2[C@H]1c1cc(OC)c(OCC)cc1Br. The first-order valence-electron chi connectivity index (χ1n) is 13.9. The van der Waals surface area contributed by atoms with Crippen molar-refractivity contribution in [2.75, 3.05) is 20.3 Å². The van der Waals surface area contributed by atoms with E-state index in [-0.39, 0.29) is 30.2 Å². The summed E-state index contributed by atoms with van der Waals surface area (Å²) in [5, 5.41) is 0. The molecule has 1 aliphatic rings. The van der Waals surface area contributed by atoms with Crippen LogP contribution in [0.15, 0.2) is 86.2 Å². The van der Waals surface area contributed by atoms with Crippen LogP contribution in [-0.2, 0) is 16.1 Å². The van der Waals surface area contributed by atoms with Crippen LogP contribution < -0.4 is 29.1 Å². The molecule has 0 bridgehead atoms. The standard InChI is InChI=1S/C33H30BrFN2O6S/c1-5-41-27-17-24(34)23(16-26(27)40-4)30-29(32(39)42-6-2)19(3)36-33-37(30)31(38)28(44-33)15-20-11-13-22(14-12-20)43-18-21-9-7-8-10-25(21)35/h7-17,30H,5-6,18H2,1-4H3/b28-15+/t30-/m0/s1. The number of allylic oxidation sites excluding steroid dienone is 1. The molecule has 4 aromatic rings. The summed E-state index contributed by atoms with van der Waals surface area (Å²) in [4.78, 5) is 32.4. The topological polar surface area (TPSA) is 88.4 Å². The first-order valence-corrected chi connectivity index (χ1v) is 15.5. The largest absolute Gasteiger partial charge is 0.493 e. The maximum Gasteiger partial charge on any atom is 0.338 e. The van der Waals surface area contributed by atoms with Gasteiger partial charge in [-0.05, 0) is 68.3 Å². The maximum atomic E-state index is 14.0. The number of benzene rings is 3. The van der Waals surface area contributed by atoms with Gasteiger partial charge in [-0.15, -0.1) is 0 Å². The third-order valence-corrected chi connectivity index (χ3v) is 8.59. The summed E-state index contributed by atoms with van der Waals surface area (Å²) in [7, 11) is 1.53. The molecule has 0 radical (unpaired) electrons. The second-order valence-corrected chi connectivity index (χ2v) is 11.6. The number of hydrogen-bond acceptors (Lipinski definition) is 8. The van der Waals surface area contributed by atoms with Crippen molar-refractivity contribution in [2.24, 2.45) is 4.99 Å². The molecule has 5 rings (SSSR count). The van der Waals surface area contributed by atoms with Gasteiger partial charge < -0.3 is 18.9 Å². The van der Waals surface area contributed by atoms with Crippen molar-refractivity contribution in [3.05, 3.63) is 119 Å². The third-order valence-electron chi connectivity index (χ3n) is 6.92. The molecule has 44 heavy (non-hydrogen) atoms. The van der Waals surface area contributed by atoms with E-state index >= 15 is 0 Å². The summed E-state index contributed by atoms with van der Waals surface area (Å²) >= 11 is 4.86. The number of carbonyl (C=O) groups excluding carboxylic acids is 1. The molecule has 0 saturated heterocycles. The lowest BCUT2D eigenvalue weighted by Gasteiger charge is -2.26. The zero-order chi connectivity index (χ0) is 31.4. The Hall–Kier alpha value is -4.22. The second-order valence-electron chi connectivity index (χ2n) is 9.71. The average molecular weight is 682 g/mol. The predicted octanol–water partition coefficient (Wildman–Crippen LogP) is 5.69. The van der Waals surface area contributed by atoms with Crippen LogP contribution in [0.4, 0.5) is 4.39 Å². The molecule has 0 fully saturated rings. The molecule has 0 spiro atoms. The predicted molar refractivity (Wildman–Crippen MR) is 169 cm³/mol. The fraction of sp³-hybridized carbons (Fsp3) is 0.242. The zero-order valence-corrected chi connectivity index (χ0v) is 27.0. The van der Waals surface area contributed by atoms with Crippen molar-refractivity contribution in [3.8, 4) is 17.2 Å². The van der Waals surface area contributed by atoms with E-state index in [1.54, 1.807) is 62.4 Å². The first-order chi connectivity index (χ1) is 21.2. The van der Waals surface area contributed by atoms with E-state index in [1.807, 2.05) is 19.1 Å². The van der Waals surface area contributed by atoms with Gasteiger partial charge in [0.2, 0.25) is 0 Å². The number of thiazole rings is 1. The minimum Gasteiger partial charge on any atom is -0.493 e. The van der Waals surface area contributed by atoms with Crippen LogP contribution >= 0.6 is 27.3 Å². The zero-order valence-electron chi connectivity index (χ0n) is 24.6. The molecule has 228 valence electrons. The van der Waals surface area contributed by atoms with Gasteiger partial charge in [-0.1, -0.05) is 57.6 Å². The molecular formula is C33H30BrFN2O6S. The smallest absolute Gasteiger partial charge is 0.338 e. The van der Waals surface area contributed by atoms with Crippen LogP contribution in [0.2, 0.25) is 0 Å². The highest BCUT2D eigenvalue weighted by atomic mass is 79.9. The Morgan fingerprint density at radius 1 is 1.07 bits per heavy atom. The Bertz CT molecular complexity index is 1920. The van der Waals surface area contributed by atoms with Gasteiger partial charge in [-0.3, -0.25) is 9.36 Å².